The molecule has 12 heteroatoms. The summed E-state index contributed by atoms with van der Waals surface area (Å²) in [4.78, 5) is 44.1. The summed E-state index contributed by atoms with van der Waals surface area (Å²) < 4.78 is 34.1. The number of nitrogens with zero attached hydrogens (tertiary/aromatic N) is 2. The number of ether oxygens (including phenoxy) is 5. The first kappa shape index (κ1) is 33.8. The molecule has 0 unspecified atom stereocenters. The number of fused-ring (bicyclic) bond motifs is 1. The molecule has 1 amide bonds. The lowest BCUT2D eigenvalue weighted by Gasteiger charge is -2.33. The van der Waals surface area contributed by atoms with Crippen LogP contribution in [0.1, 0.15) is 61.8 Å². The minimum absolute atomic E-state index is 0.00325. The summed E-state index contributed by atoms with van der Waals surface area (Å²) in [6, 6.07) is 10.7. The lowest BCUT2D eigenvalue weighted by Crippen LogP contribution is -2.46. The molecule has 3 aromatic rings. The predicted molar refractivity (Wildman–Crippen MR) is 166 cm³/mol. The van der Waals surface area contributed by atoms with Crippen LogP contribution in [0.5, 0.6) is 11.5 Å². The number of carbonyl (C=O) groups excluding carboxylic acids is 3. The number of halogens is 1. The van der Waals surface area contributed by atoms with Crippen LogP contribution in [0.15, 0.2) is 40.8 Å². The van der Waals surface area contributed by atoms with Crippen LogP contribution in [0.2, 0.25) is 5.02 Å². The van der Waals surface area contributed by atoms with E-state index < -0.39 is 23.6 Å². The molecule has 242 valence electrons. The summed E-state index contributed by atoms with van der Waals surface area (Å²) in [5.41, 5.74) is 1.81. The fraction of sp³-hybridized carbons (Fsp3) is 0.455. The number of methoxy groups -OCH3 is 3. The number of para-hydroxylation sites is 1. The Labute approximate surface area is 267 Å². The molecule has 1 aliphatic heterocycles. The zero-order chi connectivity index (χ0) is 32.9. The van der Waals surface area contributed by atoms with Crippen LogP contribution in [0.4, 0.5) is 5.69 Å². The molecular formula is C33H39ClN2O9. The summed E-state index contributed by atoms with van der Waals surface area (Å²) in [7, 11) is 4.41. The maximum atomic E-state index is 14.5. The summed E-state index contributed by atoms with van der Waals surface area (Å²) in [5, 5.41) is 0.452. The van der Waals surface area contributed by atoms with Gasteiger partial charge < -0.3 is 33.0 Å². The van der Waals surface area contributed by atoms with Gasteiger partial charge in [0.15, 0.2) is 17.4 Å². The number of aryl methyl sites for hydroxylation is 2. The number of amides is 1. The molecule has 0 saturated heterocycles. The number of esters is 2. The van der Waals surface area contributed by atoms with Crippen LogP contribution in [0.25, 0.3) is 0 Å². The van der Waals surface area contributed by atoms with Gasteiger partial charge in [0.2, 0.25) is 0 Å². The highest BCUT2D eigenvalue weighted by Crippen LogP contribution is 2.45. The lowest BCUT2D eigenvalue weighted by atomic mass is 9.92. The molecule has 11 nitrogen and oxygen atoms in total. The van der Waals surface area contributed by atoms with E-state index >= 15 is 0 Å². The topological polar surface area (TPSA) is 127 Å². The molecule has 1 aliphatic rings. The molecule has 0 radical (unpaired) electrons. The van der Waals surface area contributed by atoms with E-state index in [1.165, 1.54) is 21.1 Å². The van der Waals surface area contributed by atoms with E-state index in [1.807, 2.05) is 26.0 Å². The van der Waals surface area contributed by atoms with Gasteiger partial charge in [-0.3, -0.25) is 14.4 Å². The van der Waals surface area contributed by atoms with Crippen LogP contribution in [-0.2, 0) is 41.4 Å². The van der Waals surface area contributed by atoms with Gasteiger partial charge in [-0.1, -0.05) is 37.6 Å². The van der Waals surface area contributed by atoms with E-state index in [0.717, 1.165) is 0 Å². The first-order valence-electron chi connectivity index (χ1n) is 14.5. The Morgan fingerprint density at radius 1 is 1.09 bits per heavy atom. The number of anilines is 1. The van der Waals surface area contributed by atoms with Gasteiger partial charge in [0.25, 0.3) is 5.91 Å². The van der Waals surface area contributed by atoms with E-state index in [0.29, 0.717) is 51.2 Å². The fourth-order valence-electron chi connectivity index (χ4n) is 5.29. The normalized spacial score (nSPS) is 16.5. The summed E-state index contributed by atoms with van der Waals surface area (Å²) in [6.45, 7) is 7.21. The molecule has 0 bridgehead atoms. The number of benzene rings is 2. The average Bonchev–Trinajstić information content (AvgIpc) is 3.32. The van der Waals surface area contributed by atoms with Crippen molar-refractivity contribution >= 4 is 35.1 Å². The lowest BCUT2D eigenvalue weighted by molar-refractivity contribution is -0.144. The second-order valence-electron chi connectivity index (χ2n) is 11.6. The number of aromatic nitrogens is 1. The molecule has 1 aromatic heterocycles. The second-order valence-corrected chi connectivity index (χ2v) is 12.0. The minimum atomic E-state index is -1.06. The first-order valence-corrected chi connectivity index (χ1v) is 14.9. The molecule has 2 atom stereocenters. The van der Waals surface area contributed by atoms with Crippen molar-refractivity contribution in [1.82, 2.24) is 4.98 Å². The molecule has 0 N–H and O–H groups in total. The summed E-state index contributed by atoms with van der Waals surface area (Å²) >= 11 is 6.54. The molecule has 2 heterocycles. The van der Waals surface area contributed by atoms with E-state index in [1.54, 1.807) is 43.2 Å². The SMILES string of the molecule is COC(=O)CCc1nc(C[C@H]2O[C@H](c3cccc(OC)c3OC)c3cc(Cl)ccc3N(CC(C)(C)COC(C)=O)C2=O)oc1C. The van der Waals surface area contributed by atoms with Gasteiger partial charge in [0.05, 0.1) is 46.5 Å². The third-order valence-corrected chi connectivity index (χ3v) is 7.70. The highest BCUT2D eigenvalue weighted by Gasteiger charge is 2.41. The zero-order valence-corrected chi connectivity index (χ0v) is 27.4. The quantitative estimate of drug-likeness (QED) is 0.237. The van der Waals surface area contributed by atoms with Gasteiger partial charge in [-0.05, 0) is 31.2 Å². The van der Waals surface area contributed by atoms with Crippen molar-refractivity contribution in [1.29, 1.82) is 0 Å². The highest BCUT2D eigenvalue weighted by molar-refractivity contribution is 6.30. The first-order chi connectivity index (χ1) is 21.4. The number of hydrogen-bond acceptors (Lipinski definition) is 10. The van der Waals surface area contributed by atoms with Gasteiger partial charge in [-0.2, -0.15) is 0 Å². The summed E-state index contributed by atoms with van der Waals surface area (Å²) in [6.07, 6.45) is -1.40. The van der Waals surface area contributed by atoms with E-state index in [4.69, 9.17) is 39.7 Å². The third kappa shape index (κ3) is 7.96. The molecule has 0 saturated carbocycles. The van der Waals surface area contributed by atoms with Crippen molar-refractivity contribution in [2.45, 2.75) is 59.2 Å². The van der Waals surface area contributed by atoms with Crippen molar-refractivity contribution < 1.29 is 42.5 Å². The molecular weight excluding hydrogens is 604 g/mol. The van der Waals surface area contributed by atoms with Crippen molar-refractivity contribution in [3.8, 4) is 11.5 Å². The molecule has 0 spiro atoms. The molecule has 4 rings (SSSR count). The standard InChI is InChI=1S/C33H39ClN2O9/c1-19-24(12-14-29(38)41-6)35-28(44-19)16-27-32(39)36(17-33(3,4)18-43-20(2)37)25-13-11-21(34)15-23(25)30(45-27)22-9-8-10-26(40-5)31(22)42-7/h8-11,13,15,27,30H,12,14,16-18H2,1-7H3/t27-,30-/m1/s1. The van der Waals surface area contributed by atoms with Crippen molar-refractivity contribution in [2.24, 2.45) is 5.41 Å². The average molecular weight is 643 g/mol. The Morgan fingerprint density at radius 2 is 1.84 bits per heavy atom. The smallest absolute Gasteiger partial charge is 0.305 e. The van der Waals surface area contributed by atoms with Crippen molar-refractivity contribution in [3.05, 3.63) is 69.9 Å². The maximum Gasteiger partial charge on any atom is 0.305 e. The van der Waals surface area contributed by atoms with E-state index in [9.17, 15) is 14.4 Å². The Morgan fingerprint density at radius 3 is 2.51 bits per heavy atom. The van der Waals surface area contributed by atoms with Crippen LogP contribution in [-0.4, -0.2) is 63.4 Å². The Balaban J connectivity index is 1.82. The van der Waals surface area contributed by atoms with Gasteiger partial charge in [-0.15, -0.1) is 0 Å². The van der Waals surface area contributed by atoms with Crippen LogP contribution < -0.4 is 14.4 Å². The summed E-state index contributed by atoms with van der Waals surface area (Å²) in [5.74, 6) is 0.646. The highest BCUT2D eigenvalue weighted by atomic mass is 35.5. The van der Waals surface area contributed by atoms with Crippen LogP contribution in [0.3, 0.4) is 0 Å². The Kier molecular flexibility index (Phi) is 10.8. The van der Waals surface area contributed by atoms with Gasteiger partial charge in [0.1, 0.15) is 18.0 Å². The van der Waals surface area contributed by atoms with E-state index in [2.05, 4.69) is 4.98 Å². The largest absolute Gasteiger partial charge is 0.493 e. The van der Waals surface area contributed by atoms with E-state index in [-0.39, 0.29) is 43.8 Å². The van der Waals surface area contributed by atoms with Crippen molar-refractivity contribution in [2.75, 3.05) is 39.4 Å². The third-order valence-electron chi connectivity index (χ3n) is 7.46. The number of oxazole rings is 1. The number of hydrogen-bond donors (Lipinski definition) is 0. The van der Waals surface area contributed by atoms with Crippen molar-refractivity contribution in [3.63, 3.8) is 0 Å². The predicted octanol–water partition coefficient (Wildman–Crippen LogP) is 5.41. The molecule has 0 aliphatic carbocycles. The number of rotatable bonds is 12. The number of carbonyl (C=O) groups is 3. The molecule has 2 aromatic carbocycles. The Hall–Kier alpha value is -4.09. The van der Waals surface area contributed by atoms with Crippen LogP contribution in [0, 0.1) is 12.3 Å². The molecule has 45 heavy (non-hydrogen) atoms. The monoisotopic (exact) mass is 642 g/mol. The maximum absolute atomic E-state index is 14.5. The van der Waals surface area contributed by atoms with Gasteiger partial charge in [0, 0.05) is 47.1 Å². The van der Waals surface area contributed by atoms with Gasteiger partial charge in [-0.25, -0.2) is 4.98 Å². The van der Waals surface area contributed by atoms with Crippen LogP contribution >= 0.6 is 11.6 Å². The fourth-order valence-corrected chi connectivity index (χ4v) is 5.47. The second kappa shape index (κ2) is 14.3. The minimum Gasteiger partial charge on any atom is -0.493 e. The molecule has 0 fully saturated rings. The van der Waals surface area contributed by atoms with Gasteiger partial charge >= 0.3 is 11.9 Å². The Bertz CT molecular complexity index is 1550. The zero-order valence-electron chi connectivity index (χ0n) is 26.6.